The van der Waals surface area contributed by atoms with Crippen LogP contribution >= 0.6 is 0 Å². The Morgan fingerprint density at radius 1 is 1.06 bits per heavy atom. The second-order valence-electron chi connectivity index (χ2n) is 4.30. The van der Waals surface area contributed by atoms with Gasteiger partial charge in [-0.3, -0.25) is 0 Å². The molecule has 0 aliphatic rings. The number of fused-ring (bicyclic) bond motifs is 1. The van der Waals surface area contributed by atoms with Crippen LogP contribution in [-0.2, 0) is 6.54 Å². The Bertz CT molecular complexity index is 528. The highest BCUT2D eigenvalue weighted by molar-refractivity contribution is 5.82. The van der Waals surface area contributed by atoms with Crippen LogP contribution in [0.3, 0.4) is 0 Å². The second-order valence-corrected chi connectivity index (χ2v) is 4.30. The first-order valence-corrected chi connectivity index (χ1v) is 5.78. The first kappa shape index (κ1) is 12.9. The van der Waals surface area contributed by atoms with Crippen molar-refractivity contribution in [3.63, 3.8) is 0 Å². The maximum Gasteiger partial charge on any atom is 0.282 e. The molecule has 2 aromatic rings. The van der Waals surface area contributed by atoms with E-state index >= 15 is 0 Å². The van der Waals surface area contributed by atoms with E-state index in [9.17, 15) is 8.78 Å². The number of nitrogens with one attached hydrogen (secondary N) is 1. The Balaban J connectivity index is 2.00. The fourth-order valence-electron chi connectivity index (χ4n) is 1.79. The summed E-state index contributed by atoms with van der Waals surface area (Å²) in [4.78, 5) is 0. The van der Waals surface area contributed by atoms with Crippen LogP contribution in [0.1, 0.15) is 5.56 Å². The number of halogens is 2. The minimum Gasteiger partial charge on any atom is -0.390 e. The third kappa shape index (κ3) is 3.24. The standard InChI is InChI=1S/C14H15F2NO/c15-14(16,10-18)9-17-8-11-5-6-12-3-1-2-4-13(12)7-11/h1-7,17-18H,8-10H2. The molecule has 0 heterocycles. The molecule has 4 heteroatoms. The average molecular weight is 251 g/mol. The van der Waals surface area contributed by atoms with Gasteiger partial charge in [0.15, 0.2) is 0 Å². The summed E-state index contributed by atoms with van der Waals surface area (Å²) < 4.78 is 25.6. The van der Waals surface area contributed by atoms with Crippen molar-refractivity contribution in [3.8, 4) is 0 Å². The van der Waals surface area contributed by atoms with Crippen molar-refractivity contribution in [2.75, 3.05) is 13.2 Å². The van der Waals surface area contributed by atoms with Crippen molar-refractivity contribution in [1.29, 1.82) is 0 Å². The quantitative estimate of drug-likeness (QED) is 0.856. The Morgan fingerprint density at radius 3 is 2.50 bits per heavy atom. The van der Waals surface area contributed by atoms with E-state index in [4.69, 9.17) is 5.11 Å². The lowest BCUT2D eigenvalue weighted by Gasteiger charge is -2.14. The van der Waals surface area contributed by atoms with Gasteiger partial charge in [-0.25, -0.2) is 8.78 Å². The first-order chi connectivity index (χ1) is 8.61. The van der Waals surface area contributed by atoms with Crippen molar-refractivity contribution < 1.29 is 13.9 Å². The highest BCUT2D eigenvalue weighted by Gasteiger charge is 2.26. The summed E-state index contributed by atoms with van der Waals surface area (Å²) in [6, 6.07) is 13.7. The number of hydrogen-bond acceptors (Lipinski definition) is 2. The van der Waals surface area contributed by atoms with Crippen LogP contribution in [0.15, 0.2) is 42.5 Å². The molecule has 2 N–H and O–H groups in total. The fraction of sp³-hybridized carbons (Fsp3) is 0.286. The summed E-state index contributed by atoms with van der Waals surface area (Å²) >= 11 is 0. The van der Waals surface area contributed by atoms with E-state index in [1.165, 1.54) is 0 Å². The molecule has 18 heavy (non-hydrogen) atoms. The van der Waals surface area contributed by atoms with Crippen molar-refractivity contribution >= 4 is 10.8 Å². The largest absolute Gasteiger partial charge is 0.390 e. The van der Waals surface area contributed by atoms with Crippen LogP contribution in [0.25, 0.3) is 10.8 Å². The van der Waals surface area contributed by atoms with Crippen molar-refractivity contribution in [2.24, 2.45) is 0 Å². The molecule has 0 unspecified atom stereocenters. The van der Waals surface area contributed by atoms with Crippen LogP contribution in [-0.4, -0.2) is 24.2 Å². The minimum atomic E-state index is -3.06. The zero-order chi connectivity index (χ0) is 13.0. The molecule has 0 fully saturated rings. The minimum absolute atomic E-state index is 0.362. The van der Waals surface area contributed by atoms with Gasteiger partial charge in [0.2, 0.25) is 0 Å². The van der Waals surface area contributed by atoms with Gasteiger partial charge < -0.3 is 10.4 Å². The maximum atomic E-state index is 12.8. The second kappa shape index (κ2) is 5.42. The Labute approximate surface area is 104 Å². The number of alkyl halides is 2. The Hall–Kier alpha value is -1.52. The van der Waals surface area contributed by atoms with Crippen LogP contribution < -0.4 is 5.32 Å². The van der Waals surface area contributed by atoms with Crippen LogP contribution in [0.2, 0.25) is 0 Å². The van der Waals surface area contributed by atoms with Gasteiger partial charge in [-0.15, -0.1) is 0 Å². The van der Waals surface area contributed by atoms with Crippen molar-refractivity contribution in [3.05, 3.63) is 48.0 Å². The van der Waals surface area contributed by atoms with E-state index in [0.29, 0.717) is 6.54 Å². The smallest absolute Gasteiger partial charge is 0.282 e. The van der Waals surface area contributed by atoms with Crippen LogP contribution in [0.5, 0.6) is 0 Å². The van der Waals surface area contributed by atoms with E-state index in [1.807, 2.05) is 42.5 Å². The van der Waals surface area contributed by atoms with Gasteiger partial charge in [0, 0.05) is 6.54 Å². The zero-order valence-electron chi connectivity index (χ0n) is 9.87. The van der Waals surface area contributed by atoms with E-state index < -0.39 is 19.1 Å². The molecule has 0 aliphatic heterocycles. The van der Waals surface area contributed by atoms with E-state index in [0.717, 1.165) is 16.3 Å². The van der Waals surface area contributed by atoms with Gasteiger partial charge in [0.05, 0.1) is 6.54 Å². The highest BCUT2D eigenvalue weighted by atomic mass is 19.3. The molecule has 0 atom stereocenters. The third-order valence-corrected chi connectivity index (χ3v) is 2.76. The summed E-state index contributed by atoms with van der Waals surface area (Å²) in [6.45, 7) is -1.28. The molecule has 0 aromatic heterocycles. The molecule has 0 spiro atoms. The third-order valence-electron chi connectivity index (χ3n) is 2.76. The topological polar surface area (TPSA) is 32.3 Å². The fourth-order valence-corrected chi connectivity index (χ4v) is 1.79. The number of aliphatic hydroxyl groups excluding tert-OH is 1. The molecule has 2 aromatic carbocycles. The predicted octanol–water partition coefficient (Wildman–Crippen LogP) is 2.56. The lowest BCUT2D eigenvalue weighted by atomic mass is 10.1. The lowest BCUT2D eigenvalue weighted by molar-refractivity contribution is -0.0477. The number of rotatable bonds is 5. The van der Waals surface area contributed by atoms with Crippen LogP contribution in [0.4, 0.5) is 8.78 Å². The first-order valence-electron chi connectivity index (χ1n) is 5.78. The lowest BCUT2D eigenvalue weighted by Crippen LogP contribution is -2.35. The molecule has 0 bridgehead atoms. The predicted molar refractivity (Wildman–Crippen MR) is 67.7 cm³/mol. The number of hydrogen-bond donors (Lipinski definition) is 2. The van der Waals surface area contributed by atoms with Gasteiger partial charge in [0.25, 0.3) is 5.92 Å². The van der Waals surface area contributed by atoms with Gasteiger partial charge in [0.1, 0.15) is 6.61 Å². The number of benzene rings is 2. The summed E-state index contributed by atoms with van der Waals surface area (Å²) in [5, 5.41) is 13.3. The molecule has 0 aliphatic carbocycles. The molecular weight excluding hydrogens is 236 g/mol. The monoisotopic (exact) mass is 251 g/mol. The SMILES string of the molecule is OCC(F)(F)CNCc1ccc2ccccc2c1. The molecule has 0 saturated carbocycles. The average Bonchev–Trinajstić information content (AvgIpc) is 2.38. The Kier molecular flexibility index (Phi) is 3.89. The Morgan fingerprint density at radius 2 is 1.78 bits per heavy atom. The summed E-state index contributed by atoms with van der Waals surface area (Å²) in [5.41, 5.74) is 0.947. The molecule has 96 valence electrons. The highest BCUT2D eigenvalue weighted by Crippen LogP contribution is 2.16. The number of aliphatic hydroxyl groups is 1. The van der Waals surface area contributed by atoms with E-state index in [1.54, 1.807) is 0 Å². The van der Waals surface area contributed by atoms with E-state index in [-0.39, 0.29) is 0 Å². The van der Waals surface area contributed by atoms with Gasteiger partial charge in [-0.1, -0.05) is 36.4 Å². The molecule has 2 rings (SSSR count). The molecule has 0 amide bonds. The van der Waals surface area contributed by atoms with Gasteiger partial charge in [-0.05, 0) is 22.4 Å². The maximum absolute atomic E-state index is 12.8. The van der Waals surface area contributed by atoms with Gasteiger partial charge >= 0.3 is 0 Å². The molecule has 0 radical (unpaired) electrons. The molecule has 0 saturated heterocycles. The summed E-state index contributed by atoms with van der Waals surface area (Å²) in [6.07, 6.45) is 0. The normalized spacial score (nSPS) is 11.9. The van der Waals surface area contributed by atoms with E-state index in [2.05, 4.69) is 5.32 Å². The zero-order valence-corrected chi connectivity index (χ0v) is 9.87. The van der Waals surface area contributed by atoms with Crippen molar-refractivity contribution in [1.82, 2.24) is 5.32 Å². The van der Waals surface area contributed by atoms with Crippen molar-refractivity contribution in [2.45, 2.75) is 12.5 Å². The molecule has 2 nitrogen and oxygen atoms in total. The van der Waals surface area contributed by atoms with Crippen LogP contribution in [0, 0.1) is 0 Å². The van der Waals surface area contributed by atoms with Gasteiger partial charge in [-0.2, -0.15) is 0 Å². The molecular formula is C14H15F2NO. The summed E-state index contributed by atoms with van der Waals surface area (Å²) in [5.74, 6) is -3.06. The summed E-state index contributed by atoms with van der Waals surface area (Å²) in [7, 11) is 0.